The van der Waals surface area contributed by atoms with Gasteiger partial charge in [-0.3, -0.25) is 0 Å². The fraction of sp³-hybridized carbons (Fsp3) is 0.600. The molecule has 0 amide bonds. The molecule has 0 fully saturated rings. The van der Waals surface area contributed by atoms with Crippen LogP contribution in [0.15, 0.2) is 23.8 Å². The lowest BCUT2D eigenvalue weighted by Gasteiger charge is -2.05. The second kappa shape index (κ2) is 6.17. The fourth-order valence-electron chi connectivity index (χ4n) is 1.14. The largest absolute Gasteiger partial charge is 0.392 e. The summed E-state index contributed by atoms with van der Waals surface area (Å²) in [6, 6.07) is 0. The fourth-order valence-corrected chi connectivity index (χ4v) is 1.14. The Balaban J connectivity index is 3.74. The number of allylic oxidation sites excluding steroid dienone is 3. The number of hydrogen-bond donors (Lipinski definition) is 1. The molecule has 0 spiro atoms. The minimum absolute atomic E-state index is 0.161. The lowest BCUT2D eigenvalue weighted by atomic mass is 10.0. The van der Waals surface area contributed by atoms with E-state index in [-0.39, 0.29) is 6.61 Å². The van der Waals surface area contributed by atoms with Gasteiger partial charge in [0.05, 0.1) is 6.61 Å². The third kappa shape index (κ3) is 5.86. The van der Waals surface area contributed by atoms with E-state index < -0.39 is 0 Å². The van der Waals surface area contributed by atoms with Crippen molar-refractivity contribution in [3.63, 3.8) is 0 Å². The van der Waals surface area contributed by atoms with Crippen molar-refractivity contribution in [2.24, 2.45) is 5.92 Å². The molecule has 1 unspecified atom stereocenters. The van der Waals surface area contributed by atoms with Gasteiger partial charge in [0.2, 0.25) is 0 Å². The van der Waals surface area contributed by atoms with Crippen LogP contribution >= 0.6 is 0 Å². The lowest BCUT2D eigenvalue weighted by Crippen LogP contribution is -1.91. The Labute approximate surface area is 69.4 Å². The molecule has 0 saturated carbocycles. The monoisotopic (exact) mass is 154 g/mol. The summed E-state index contributed by atoms with van der Waals surface area (Å²) in [7, 11) is 0. The second-order valence-electron chi connectivity index (χ2n) is 2.94. The predicted molar refractivity (Wildman–Crippen MR) is 49.4 cm³/mol. The minimum Gasteiger partial charge on any atom is -0.392 e. The van der Waals surface area contributed by atoms with Gasteiger partial charge in [0.15, 0.2) is 0 Å². The number of hydrogen-bond acceptors (Lipinski definition) is 1. The summed E-state index contributed by atoms with van der Waals surface area (Å²) in [5, 5.41) is 8.59. The van der Waals surface area contributed by atoms with Crippen LogP contribution < -0.4 is 0 Å². The Morgan fingerprint density at radius 1 is 1.55 bits per heavy atom. The molecular formula is C10H18O. The highest BCUT2D eigenvalue weighted by Gasteiger charge is 1.96. The smallest absolute Gasteiger partial charge is 0.0614 e. The van der Waals surface area contributed by atoms with E-state index in [0.29, 0.717) is 5.92 Å². The lowest BCUT2D eigenvalue weighted by molar-refractivity contribution is 0.341. The molecule has 1 nitrogen and oxygen atoms in total. The van der Waals surface area contributed by atoms with Crippen molar-refractivity contribution in [1.29, 1.82) is 0 Å². The zero-order chi connectivity index (χ0) is 8.69. The van der Waals surface area contributed by atoms with Gasteiger partial charge in [-0.15, -0.1) is 0 Å². The maximum Gasteiger partial charge on any atom is 0.0614 e. The SMILES string of the molecule is C/C=C/C(C)C/C(C)=C/CO. The highest BCUT2D eigenvalue weighted by molar-refractivity contribution is 5.01. The summed E-state index contributed by atoms with van der Waals surface area (Å²) in [6.07, 6.45) is 7.15. The number of aliphatic hydroxyl groups excluding tert-OH is 1. The van der Waals surface area contributed by atoms with Crippen molar-refractivity contribution in [3.8, 4) is 0 Å². The molecule has 0 radical (unpaired) electrons. The standard InChI is InChI=1S/C10H18O/c1-4-5-9(2)8-10(3)6-7-11/h4-6,9,11H,7-8H2,1-3H3/b5-4+,10-6+. The van der Waals surface area contributed by atoms with E-state index in [9.17, 15) is 0 Å². The summed E-state index contributed by atoms with van der Waals surface area (Å²) in [4.78, 5) is 0. The highest BCUT2D eigenvalue weighted by atomic mass is 16.2. The van der Waals surface area contributed by atoms with Crippen LogP contribution in [0.1, 0.15) is 27.2 Å². The van der Waals surface area contributed by atoms with Crippen LogP contribution in [0.3, 0.4) is 0 Å². The van der Waals surface area contributed by atoms with Crippen molar-refractivity contribution in [2.45, 2.75) is 27.2 Å². The minimum atomic E-state index is 0.161. The van der Waals surface area contributed by atoms with Crippen LogP contribution in [0.4, 0.5) is 0 Å². The van der Waals surface area contributed by atoms with Crippen molar-refractivity contribution in [3.05, 3.63) is 23.8 Å². The van der Waals surface area contributed by atoms with Gasteiger partial charge in [-0.05, 0) is 26.2 Å². The number of rotatable bonds is 4. The quantitative estimate of drug-likeness (QED) is 0.617. The molecule has 11 heavy (non-hydrogen) atoms. The molecule has 0 aliphatic heterocycles. The molecule has 1 atom stereocenters. The molecule has 0 saturated heterocycles. The number of aliphatic hydroxyl groups is 1. The van der Waals surface area contributed by atoms with Gasteiger partial charge in [-0.25, -0.2) is 0 Å². The summed E-state index contributed by atoms with van der Waals surface area (Å²) < 4.78 is 0. The molecule has 0 bridgehead atoms. The molecular weight excluding hydrogens is 136 g/mol. The molecule has 0 aliphatic carbocycles. The molecule has 0 rings (SSSR count). The van der Waals surface area contributed by atoms with Crippen LogP contribution in [0, 0.1) is 5.92 Å². The molecule has 0 heterocycles. The molecule has 0 aliphatic rings. The first kappa shape index (κ1) is 10.4. The Hall–Kier alpha value is -0.560. The molecule has 64 valence electrons. The summed E-state index contributed by atoms with van der Waals surface area (Å²) in [5.74, 6) is 0.586. The van der Waals surface area contributed by atoms with E-state index in [2.05, 4.69) is 26.0 Å². The molecule has 1 N–H and O–H groups in total. The molecule has 1 heteroatoms. The van der Waals surface area contributed by atoms with Gasteiger partial charge in [0.25, 0.3) is 0 Å². The summed E-state index contributed by atoms with van der Waals surface area (Å²) >= 11 is 0. The predicted octanol–water partition coefficient (Wildman–Crippen LogP) is 2.53. The van der Waals surface area contributed by atoms with Crippen molar-refractivity contribution >= 4 is 0 Å². The first-order valence-electron chi connectivity index (χ1n) is 4.10. The van der Waals surface area contributed by atoms with Crippen LogP contribution in [-0.4, -0.2) is 11.7 Å². The Morgan fingerprint density at radius 2 is 2.18 bits per heavy atom. The Kier molecular flexibility index (Phi) is 5.86. The zero-order valence-corrected chi connectivity index (χ0v) is 7.67. The molecule has 0 aromatic heterocycles. The average Bonchev–Trinajstić information content (AvgIpc) is 1.87. The summed E-state index contributed by atoms with van der Waals surface area (Å²) in [5.41, 5.74) is 1.26. The van der Waals surface area contributed by atoms with E-state index in [0.717, 1.165) is 6.42 Å². The average molecular weight is 154 g/mol. The van der Waals surface area contributed by atoms with Gasteiger partial charge in [0, 0.05) is 0 Å². The zero-order valence-electron chi connectivity index (χ0n) is 7.67. The van der Waals surface area contributed by atoms with Gasteiger partial charge in [0.1, 0.15) is 0 Å². The Morgan fingerprint density at radius 3 is 2.64 bits per heavy atom. The van der Waals surface area contributed by atoms with E-state index in [1.165, 1.54) is 5.57 Å². The Bertz CT molecular complexity index is 145. The molecule has 0 aromatic rings. The van der Waals surface area contributed by atoms with Crippen LogP contribution in [0.5, 0.6) is 0 Å². The highest BCUT2D eigenvalue weighted by Crippen LogP contribution is 2.11. The van der Waals surface area contributed by atoms with Crippen LogP contribution in [0.25, 0.3) is 0 Å². The van der Waals surface area contributed by atoms with E-state index >= 15 is 0 Å². The van der Waals surface area contributed by atoms with E-state index in [1.54, 1.807) is 0 Å². The first-order valence-corrected chi connectivity index (χ1v) is 4.10. The molecule has 0 aromatic carbocycles. The van der Waals surface area contributed by atoms with E-state index in [1.807, 2.05) is 13.0 Å². The van der Waals surface area contributed by atoms with Gasteiger partial charge < -0.3 is 5.11 Å². The normalized spacial score (nSPS) is 15.8. The van der Waals surface area contributed by atoms with Gasteiger partial charge >= 0.3 is 0 Å². The van der Waals surface area contributed by atoms with Crippen LogP contribution in [-0.2, 0) is 0 Å². The van der Waals surface area contributed by atoms with E-state index in [4.69, 9.17) is 5.11 Å². The maximum atomic E-state index is 8.59. The van der Waals surface area contributed by atoms with Crippen molar-refractivity contribution < 1.29 is 5.11 Å². The third-order valence-electron chi connectivity index (χ3n) is 1.60. The van der Waals surface area contributed by atoms with Crippen molar-refractivity contribution in [2.75, 3.05) is 6.61 Å². The summed E-state index contributed by atoms with van der Waals surface area (Å²) in [6.45, 7) is 6.42. The second-order valence-corrected chi connectivity index (χ2v) is 2.94. The first-order chi connectivity index (χ1) is 5.20. The third-order valence-corrected chi connectivity index (χ3v) is 1.60. The van der Waals surface area contributed by atoms with Crippen molar-refractivity contribution in [1.82, 2.24) is 0 Å². The van der Waals surface area contributed by atoms with Gasteiger partial charge in [-0.1, -0.05) is 30.7 Å². The maximum absolute atomic E-state index is 8.59. The van der Waals surface area contributed by atoms with Crippen LogP contribution in [0.2, 0.25) is 0 Å². The van der Waals surface area contributed by atoms with Gasteiger partial charge in [-0.2, -0.15) is 0 Å². The topological polar surface area (TPSA) is 20.2 Å².